The standard InChI is InChI=1S/C13H16BrF2NO2/c1-8-4-10(14)5-9(12(8)19-13(15)16)6-17-3-2-11(18)7-17/h4-5,11,13,18H,2-3,6-7H2,1H3/t11-/m1/s1. The van der Waals surface area contributed by atoms with Gasteiger partial charge in [-0.05, 0) is 31.0 Å². The highest BCUT2D eigenvalue weighted by atomic mass is 79.9. The Balaban J connectivity index is 2.21. The van der Waals surface area contributed by atoms with Gasteiger partial charge in [-0.15, -0.1) is 0 Å². The first kappa shape index (κ1) is 14.7. The molecule has 1 aromatic carbocycles. The van der Waals surface area contributed by atoms with Gasteiger partial charge in [0.2, 0.25) is 0 Å². The predicted octanol–water partition coefficient (Wildman–Crippen LogP) is 2.93. The minimum absolute atomic E-state index is 0.236. The summed E-state index contributed by atoms with van der Waals surface area (Å²) in [4.78, 5) is 2.03. The maximum atomic E-state index is 12.5. The molecule has 0 aliphatic carbocycles. The highest BCUT2D eigenvalue weighted by Crippen LogP contribution is 2.31. The van der Waals surface area contributed by atoms with Crippen molar-refractivity contribution in [2.75, 3.05) is 13.1 Å². The number of hydrogen-bond donors (Lipinski definition) is 1. The average Bonchev–Trinajstić information content (AvgIpc) is 2.69. The molecule has 0 bridgehead atoms. The van der Waals surface area contributed by atoms with Crippen LogP contribution in [-0.2, 0) is 6.54 Å². The van der Waals surface area contributed by atoms with Gasteiger partial charge >= 0.3 is 6.61 Å². The van der Waals surface area contributed by atoms with Crippen molar-refractivity contribution < 1.29 is 18.6 Å². The maximum absolute atomic E-state index is 12.5. The van der Waals surface area contributed by atoms with Crippen molar-refractivity contribution >= 4 is 15.9 Å². The van der Waals surface area contributed by atoms with Gasteiger partial charge in [0.25, 0.3) is 0 Å². The van der Waals surface area contributed by atoms with Crippen LogP contribution in [0.1, 0.15) is 17.5 Å². The van der Waals surface area contributed by atoms with Gasteiger partial charge < -0.3 is 9.84 Å². The number of halogens is 3. The van der Waals surface area contributed by atoms with Crippen LogP contribution in [0.2, 0.25) is 0 Å². The molecule has 1 aromatic rings. The second kappa shape index (κ2) is 6.15. The largest absolute Gasteiger partial charge is 0.434 e. The smallest absolute Gasteiger partial charge is 0.387 e. The van der Waals surface area contributed by atoms with Crippen molar-refractivity contribution in [1.82, 2.24) is 4.90 Å². The van der Waals surface area contributed by atoms with E-state index in [-0.39, 0.29) is 11.9 Å². The minimum Gasteiger partial charge on any atom is -0.434 e. The van der Waals surface area contributed by atoms with Crippen LogP contribution in [0.25, 0.3) is 0 Å². The molecule has 3 nitrogen and oxygen atoms in total. The third-order valence-corrected chi connectivity index (χ3v) is 3.62. The van der Waals surface area contributed by atoms with Crippen molar-refractivity contribution in [2.45, 2.75) is 32.6 Å². The molecule has 1 aliphatic heterocycles. The van der Waals surface area contributed by atoms with Gasteiger partial charge in [0.05, 0.1) is 6.10 Å². The van der Waals surface area contributed by atoms with E-state index in [1.807, 2.05) is 4.90 Å². The Kier molecular flexibility index (Phi) is 4.76. The molecule has 19 heavy (non-hydrogen) atoms. The van der Waals surface area contributed by atoms with Crippen LogP contribution in [0, 0.1) is 6.92 Å². The van der Waals surface area contributed by atoms with E-state index in [0.717, 1.165) is 17.4 Å². The van der Waals surface area contributed by atoms with Crippen LogP contribution in [0.4, 0.5) is 8.78 Å². The van der Waals surface area contributed by atoms with Crippen LogP contribution in [0.15, 0.2) is 16.6 Å². The summed E-state index contributed by atoms with van der Waals surface area (Å²) in [5, 5.41) is 9.50. The Labute approximate surface area is 119 Å². The monoisotopic (exact) mass is 335 g/mol. The molecule has 0 spiro atoms. The van der Waals surface area contributed by atoms with E-state index in [1.165, 1.54) is 0 Å². The third kappa shape index (κ3) is 3.87. The summed E-state index contributed by atoms with van der Waals surface area (Å²) in [7, 11) is 0. The molecule has 1 heterocycles. The van der Waals surface area contributed by atoms with Gasteiger partial charge in [-0.3, -0.25) is 4.90 Å². The molecule has 0 unspecified atom stereocenters. The summed E-state index contributed by atoms with van der Waals surface area (Å²) in [5.41, 5.74) is 1.38. The van der Waals surface area contributed by atoms with Gasteiger partial charge in [0, 0.05) is 29.7 Å². The second-order valence-electron chi connectivity index (χ2n) is 4.77. The number of hydrogen-bond acceptors (Lipinski definition) is 3. The number of β-amino-alcohol motifs (C(OH)–C–C–N with tert-alkyl or cyclic N) is 1. The zero-order chi connectivity index (χ0) is 14.0. The van der Waals surface area contributed by atoms with Gasteiger partial charge in [-0.2, -0.15) is 8.78 Å². The van der Waals surface area contributed by atoms with E-state index < -0.39 is 6.61 Å². The molecule has 0 aromatic heterocycles. The highest BCUT2D eigenvalue weighted by Gasteiger charge is 2.22. The lowest BCUT2D eigenvalue weighted by Crippen LogP contribution is -2.22. The van der Waals surface area contributed by atoms with Crippen molar-refractivity contribution in [3.05, 3.63) is 27.7 Å². The van der Waals surface area contributed by atoms with Gasteiger partial charge in [-0.25, -0.2) is 0 Å². The van der Waals surface area contributed by atoms with E-state index in [4.69, 9.17) is 0 Å². The zero-order valence-corrected chi connectivity index (χ0v) is 12.2. The fourth-order valence-electron chi connectivity index (χ4n) is 2.37. The maximum Gasteiger partial charge on any atom is 0.387 e. The molecule has 106 valence electrons. The number of alkyl halides is 2. The Bertz CT molecular complexity index is 457. The first-order chi connectivity index (χ1) is 8.95. The quantitative estimate of drug-likeness (QED) is 0.918. The van der Waals surface area contributed by atoms with Gasteiger partial charge in [-0.1, -0.05) is 15.9 Å². The highest BCUT2D eigenvalue weighted by molar-refractivity contribution is 9.10. The number of likely N-dealkylation sites (tertiary alicyclic amines) is 1. The summed E-state index contributed by atoms with van der Waals surface area (Å²) < 4.78 is 30.4. The molecule has 2 rings (SSSR count). The molecule has 0 saturated carbocycles. The number of benzene rings is 1. The summed E-state index contributed by atoms with van der Waals surface area (Å²) in [5.74, 6) is 0.236. The number of rotatable bonds is 4. The fourth-order valence-corrected chi connectivity index (χ4v) is 2.99. The molecule has 1 saturated heterocycles. The molecule has 1 N–H and O–H groups in total. The number of aryl methyl sites for hydroxylation is 1. The van der Waals surface area contributed by atoms with E-state index in [1.54, 1.807) is 19.1 Å². The summed E-state index contributed by atoms with van der Waals surface area (Å²) in [6.07, 6.45) is 0.394. The van der Waals surface area contributed by atoms with Crippen molar-refractivity contribution in [2.24, 2.45) is 0 Å². The molecule has 0 amide bonds. The first-order valence-corrected chi connectivity index (χ1v) is 6.89. The Hall–Kier alpha value is -0.720. The fraction of sp³-hybridized carbons (Fsp3) is 0.538. The topological polar surface area (TPSA) is 32.7 Å². The van der Waals surface area contributed by atoms with E-state index in [9.17, 15) is 13.9 Å². The molecule has 0 radical (unpaired) electrons. The first-order valence-electron chi connectivity index (χ1n) is 6.10. The molecule has 1 fully saturated rings. The number of aliphatic hydroxyl groups is 1. The van der Waals surface area contributed by atoms with Crippen LogP contribution in [0.3, 0.4) is 0 Å². The zero-order valence-electron chi connectivity index (χ0n) is 10.6. The molecule has 1 atom stereocenters. The van der Waals surface area contributed by atoms with Crippen LogP contribution >= 0.6 is 15.9 Å². The SMILES string of the molecule is Cc1cc(Br)cc(CN2CC[C@@H](O)C2)c1OC(F)F. The minimum atomic E-state index is -2.83. The Morgan fingerprint density at radius 3 is 2.84 bits per heavy atom. The second-order valence-corrected chi connectivity index (χ2v) is 5.68. The van der Waals surface area contributed by atoms with Crippen LogP contribution in [0.5, 0.6) is 5.75 Å². The van der Waals surface area contributed by atoms with E-state index >= 15 is 0 Å². The lowest BCUT2D eigenvalue weighted by Gasteiger charge is -2.19. The average molecular weight is 336 g/mol. The van der Waals surface area contributed by atoms with Crippen LogP contribution in [-0.4, -0.2) is 35.8 Å². The predicted molar refractivity (Wildman–Crippen MR) is 71.4 cm³/mol. The van der Waals surface area contributed by atoms with Crippen LogP contribution < -0.4 is 4.74 Å². The van der Waals surface area contributed by atoms with Crippen molar-refractivity contribution in [3.8, 4) is 5.75 Å². The molecular formula is C13H16BrF2NO2. The summed E-state index contributed by atoms with van der Waals surface area (Å²) in [6.45, 7) is 0.743. The van der Waals surface area contributed by atoms with E-state index in [0.29, 0.717) is 24.2 Å². The van der Waals surface area contributed by atoms with Crippen molar-refractivity contribution in [3.63, 3.8) is 0 Å². The summed E-state index contributed by atoms with van der Waals surface area (Å²) >= 11 is 3.36. The molecule has 6 heteroatoms. The van der Waals surface area contributed by atoms with Gasteiger partial charge in [0.1, 0.15) is 5.75 Å². The van der Waals surface area contributed by atoms with Crippen molar-refractivity contribution in [1.29, 1.82) is 0 Å². The number of nitrogens with zero attached hydrogens (tertiary/aromatic N) is 1. The Morgan fingerprint density at radius 2 is 2.26 bits per heavy atom. The van der Waals surface area contributed by atoms with E-state index in [2.05, 4.69) is 20.7 Å². The lowest BCUT2D eigenvalue weighted by atomic mass is 10.1. The molecule has 1 aliphatic rings. The Morgan fingerprint density at radius 1 is 1.53 bits per heavy atom. The molecular weight excluding hydrogens is 320 g/mol. The summed E-state index contributed by atoms with van der Waals surface area (Å²) in [6, 6.07) is 3.54. The van der Waals surface area contributed by atoms with Gasteiger partial charge in [0.15, 0.2) is 0 Å². The number of ether oxygens (including phenoxy) is 1. The lowest BCUT2D eigenvalue weighted by molar-refractivity contribution is -0.0512. The third-order valence-electron chi connectivity index (χ3n) is 3.16. The normalized spacial score (nSPS) is 20.2. The number of aliphatic hydroxyl groups excluding tert-OH is 1.